The molecule has 0 radical (unpaired) electrons. The van der Waals surface area contributed by atoms with Crippen molar-refractivity contribution in [2.45, 2.75) is 32.1 Å². The summed E-state index contributed by atoms with van der Waals surface area (Å²) in [6.07, 6.45) is 3.55. The number of nitrogens with zero attached hydrogens (tertiary/aromatic N) is 2. The minimum Gasteiger partial charge on any atom is -0.497 e. The maximum absolute atomic E-state index is 13.5. The second-order valence-corrected chi connectivity index (χ2v) is 8.72. The van der Waals surface area contributed by atoms with Crippen molar-refractivity contribution < 1.29 is 19.1 Å². The molecule has 4 rings (SSSR count). The number of methoxy groups -OCH3 is 2. The molecule has 166 valence electrons. The molecule has 1 amide bonds. The smallest absolute Gasteiger partial charge is 0.235 e. The molecule has 8 heteroatoms. The van der Waals surface area contributed by atoms with Crippen LogP contribution in [0.15, 0.2) is 57.3 Å². The standard InChI is InChI=1S/C24H24BrN3O4/c1-13-21(24(30)28-20-10-7-14(25)12-26-20)22(23-17(27-13)5-4-6-18(23)29)16-9-8-15(31-2)11-19(16)32-3/h7-12,21-22H,4-6H2,1-3H3,(H,26,28,30)/t21?,22-/m1/s1. The Balaban J connectivity index is 1.81. The van der Waals surface area contributed by atoms with Gasteiger partial charge in [-0.1, -0.05) is 6.07 Å². The van der Waals surface area contributed by atoms with Gasteiger partial charge in [-0.3, -0.25) is 14.6 Å². The van der Waals surface area contributed by atoms with Gasteiger partial charge in [0, 0.05) is 51.6 Å². The number of carbonyl (C=O) groups is 2. The number of ether oxygens (including phenoxy) is 2. The van der Waals surface area contributed by atoms with Crippen LogP contribution in [0, 0.1) is 5.92 Å². The monoisotopic (exact) mass is 497 g/mol. The number of rotatable bonds is 5. The van der Waals surface area contributed by atoms with Crippen LogP contribution in [0.2, 0.25) is 0 Å². The third kappa shape index (κ3) is 4.19. The summed E-state index contributed by atoms with van der Waals surface area (Å²) in [6.45, 7) is 1.84. The lowest BCUT2D eigenvalue weighted by molar-refractivity contribution is -0.119. The van der Waals surface area contributed by atoms with Crippen LogP contribution in [0.25, 0.3) is 0 Å². The van der Waals surface area contributed by atoms with Crippen molar-refractivity contribution >= 4 is 39.1 Å². The van der Waals surface area contributed by atoms with Gasteiger partial charge < -0.3 is 14.8 Å². The maximum atomic E-state index is 13.5. The van der Waals surface area contributed by atoms with Gasteiger partial charge in [-0.25, -0.2) is 4.98 Å². The second-order valence-electron chi connectivity index (χ2n) is 7.80. The number of allylic oxidation sites excluding steroid dienone is 2. The van der Waals surface area contributed by atoms with E-state index in [0.717, 1.165) is 28.6 Å². The lowest BCUT2D eigenvalue weighted by Gasteiger charge is -2.35. The van der Waals surface area contributed by atoms with Crippen LogP contribution in [0.1, 0.15) is 37.7 Å². The molecule has 1 aromatic carbocycles. The van der Waals surface area contributed by atoms with Crippen LogP contribution in [0.3, 0.4) is 0 Å². The third-order valence-corrected chi connectivity index (χ3v) is 6.34. The highest BCUT2D eigenvalue weighted by atomic mass is 79.9. The first-order chi connectivity index (χ1) is 15.4. The van der Waals surface area contributed by atoms with Crippen LogP contribution in [-0.2, 0) is 9.59 Å². The van der Waals surface area contributed by atoms with Gasteiger partial charge in [0.25, 0.3) is 0 Å². The second kappa shape index (κ2) is 9.24. The number of benzene rings is 1. The average molecular weight is 498 g/mol. The SMILES string of the molecule is COc1ccc([C@H]2C3=C(CCCC3=O)N=C(C)C2C(=O)Nc2ccc(Br)cn2)c(OC)c1. The maximum Gasteiger partial charge on any atom is 0.235 e. The number of carbonyl (C=O) groups excluding carboxylic acids is 2. The Bertz CT molecular complexity index is 1120. The van der Waals surface area contributed by atoms with Crippen molar-refractivity contribution in [2.75, 3.05) is 19.5 Å². The third-order valence-electron chi connectivity index (χ3n) is 5.87. The van der Waals surface area contributed by atoms with Crippen molar-refractivity contribution in [3.8, 4) is 11.5 Å². The van der Waals surface area contributed by atoms with Crippen LogP contribution < -0.4 is 14.8 Å². The summed E-state index contributed by atoms with van der Waals surface area (Å²) in [5.41, 5.74) is 2.80. The molecule has 2 aliphatic rings. The molecule has 1 unspecified atom stereocenters. The topological polar surface area (TPSA) is 89.9 Å². The Hall–Kier alpha value is -3.00. The Morgan fingerprint density at radius 3 is 2.66 bits per heavy atom. The van der Waals surface area contributed by atoms with E-state index in [4.69, 9.17) is 14.5 Å². The quantitative estimate of drug-likeness (QED) is 0.647. The molecule has 2 atom stereocenters. The molecule has 1 aromatic heterocycles. The minimum atomic E-state index is -0.677. The Morgan fingerprint density at radius 2 is 1.97 bits per heavy atom. The fourth-order valence-electron chi connectivity index (χ4n) is 4.41. The van der Waals surface area contributed by atoms with Crippen LogP contribution in [-0.4, -0.2) is 36.6 Å². The first-order valence-corrected chi connectivity index (χ1v) is 11.2. The van der Waals surface area contributed by atoms with E-state index in [-0.39, 0.29) is 11.7 Å². The molecule has 32 heavy (non-hydrogen) atoms. The lowest BCUT2D eigenvalue weighted by atomic mass is 9.71. The van der Waals surface area contributed by atoms with Crippen molar-refractivity contribution in [1.29, 1.82) is 0 Å². The van der Waals surface area contributed by atoms with Crippen LogP contribution in [0.4, 0.5) is 5.82 Å². The number of aliphatic imine (C=N–C) groups is 1. The van der Waals surface area contributed by atoms with E-state index < -0.39 is 11.8 Å². The molecule has 0 saturated carbocycles. The molecule has 7 nitrogen and oxygen atoms in total. The lowest BCUT2D eigenvalue weighted by Crippen LogP contribution is -2.39. The van der Waals surface area contributed by atoms with Crippen LogP contribution in [0.5, 0.6) is 11.5 Å². The number of anilines is 1. The van der Waals surface area contributed by atoms with E-state index in [0.29, 0.717) is 35.0 Å². The van der Waals surface area contributed by atoms with E-state index in [9.17, 15) is 9.59 Å². The number of ketones is 1. The number of aromatic nitrogens is 1. The predicted octanol–water partition coefficient (Wildman–Crippen LogP) is 4.68. The highest BCUT2D eigenvalue weighted by molar-refractivity contribution is 9.10. The largest absolute Gasteiger partial charge is 0.497 e. The molecule has 1 aliphatic heterocycles. The molecule has 2 aromatic rings. The van der Waals surface area contributed by atoms with E-state index in [2.05, 4.69) is 26.2 Å². The Kier molecular flexibility index (Phi) is 6.41. The van der Waals surface area contributed by atoms with Gasteiger partial charge >= 0.3 is 0 Å². The number of hydrogen-bond acceptors (Lipinski definition) is 6. The highest BCUT2D eigenvalue weighted by Gasteiger charge is 2.43. The summed E-state index contributed by atoms with van der Waals surface area (Å²) in [7, 11) is 3.15. The Morgan fingerprint density at radius 1 is 1.16 bits per heavy atom. The van der Waals surface area contributed by atoms with E-state index in [1.54, 1.807) is 38.6 Å². The zero-order valence-corrected chi connectivity index (χ0v) is 19.7. The van der Waals surface area contributed by atoms with Crippen molar-refractivity contribution in [3.05, 3.63) is 57.8 Å². The fourth-order valence-corrected chi connectivity index (χ4v) is 4.65. The van der Waals surface area contributed by atoms with E-state index in [1.807, 2.05) is 19.1 Å². The fraction of sp³-hybridized carbons (Fsp3) is 0.333. The van der Waals surface area contributed by atoms with E-state index in [1.165, 1.54) is 0 Å². The summed E-state index contributed by atoms with van der Waals surface area (Å²) >= 11 is 3.35. The molecule has 0 fully saturated rings. The zero-order valence-electron chi connectivity index (χ0n) is 18.1. The minimum absolute atomic E-state index is 0.0323. The number of Topliss-reactive ketones (excluding diaryl/α,β-unsaturated/α-hetero) is 1. The van der Waals surface area contributed by atoms with Gasteiger partial charge in [0.05, 0.1) is 20.1 Å². The first kappa shape index (κ1) is 22.2. The van der Waals surface area contributed by atoms with Crippen molar-refractivity contribution in [2.24, 2.45) is 10.9 Å². The van der Waals surface area contributed by atoms with Crippen molar-refractivity contribution in [3.63, 3.8) is 0 Å². The number of hydrogen-bond donors (Lipinski definition) is 1. The molecule has 1 aliphatic carbocycles. The van der Waals surface area contributed by atoms with Gasteiger partial charge in [-0.05, 0) is 53.9 Å². The summed E-state index contributed by atoms with van der Waals surface area (Å²) in [5.74, 6) is 0.208. The molecule has 0 spiro atoms. The summed E-state index contributed by atoms with van der Waals surface area (Å²) in [4.78, 5) is 35.5. The molecule has 0 saturated heterocycles. The summed E-state index contributed by atoms with van der Waals surface area (Å²) in [6, 6.07) is 8.98. The number of amides is 1. The highest BCUT2D eigenvalue weighted by Crippen LogP contribution is 2.46. The van der Waals surface area contributed by atoms with Gasteiger partial charge in [0.1, 0.15) is 17.3 Å². The number of halogens is 1. The van der Waals surface area contributed by atoms with Gasteiger partial charge in [-0.15, -0.1) is 0 Å². The molecular formula is C24H24BrN3O4. The number of pyridine rings is 1. The normalized spacial score (nSPS) is 20.4. The number of nitrogens with one attached hydrogen (secondary N) is 1. The molecule has 0 bridgehead atoms. The Labute approximate surface area is 195 Å². The van der Waals surface area contributed by atoms with Gasteiger partial charge in [-0.2, -0.15) is 0 Å². The zero-order chi connectivity index (χ0) is 22.8. The van der Waals surface area contributed by atoms with Gasteiger partial charge in [0.2, 0.25) is 5.91 Å². The molecule has 2 heterocycles. The first-order valence-electron chi connectivity index (χ1n) is 10.4. The summed E-state index contributed by atoms with van der Waals surface area (Å²) < 4.78 is 11.8. The summed E-state index contributed by atoms with van der Waals surface area (Å²) in [5, 5.41) is 2.89. The van der Waals surface area contributed by atoms with Crippen LogP contribution >= 0.6 is 15.9 Å². The predicted molar refractivity (Wildman–Crippen MR) is 125 cm³/mol. The van der Waals surface area contributed by atoms with E-state index >= 15 is 0 Å². The molecular weight excluding hydrogens is 474 g/mol. The average Bonchev–Trinajstić information content (AvgIpc) is 2.79. The molecule has 1 N–H and O–H groups in total. The van der Waals surface area contributed by atoms with Gasteiger partial charge in [0.15, 0.2) is 5.78 Å². The van der Waals surface area contributed by atoms with Crippen molar-refractivity contribution in [1.82, 2.24) is 4.98 Å².